The molecular weight excluding hydrogens is 865 g/mol. The summed E-state index contributed by atoms with van der Waals surface area (Å²) in [5.74, 6) is -0.945. The molecule has 0 N–H and O–H groups in total. The van der Waals surface area contributed by atoms with Crippen molar-refractivity contribution in [2.75, 3.05) is 13.2 Å². The highest BCUT2D eigenvalue weighted by Crippen LogP contribution is 2.15. The van der Waals surface area contributed by atoms with Gasteiger partial charge in [-0.05, 0) is 109 Å². The number of hydrogen-bond donors (Lipinski definition) is 0. The van der Waals surface area contributed by atoms with Crippen molar-refractivity contribution in [2.24, 2.45) is 0 Å². The lowest BCUT2D eigenvalue weighted by molar-refractivity contribution is -0.167. The molecule has 70 heavy (non-hydrogen) atoms. The number of rotatable bonds is 53. The van der Waals surface area contributed by atoms with Crippen LogP contribution in [0, 0.1) is 0 Å². The van der Waals surface area contributed by atoms with Gasteiger partial charge in [0.1, 0.15) is 13.2 Å². The van der Waals surface area contributed by atoms with Crippen LogP contribution in [0.2, 0.25) is 0 Å². The van der Waals surface area contributed by atoms with E-state index in [0.717, 1.165) is 122 Å². The predicted molar refractivity (Wildman–Crippen MR) is 302 cm³/mol. The van der Waals surface area contributed by atoms with Gasteiger partial charge < -0.3 is 14.2 Å². The molecule has 0 amide bonds. The molecule has 0 heterocycles. The third-order valence-corrected chi connectivity index (χ3v) is 12.6. The summed E-state index contributed by atoms with van der Waals surface area (Å²) in [6.45, 7) is 6.49. The van der Waals surface area contributed by atoms with Crippen molar-refractivity contribution in [1.82, 2.24) is 0 Å². The molecule has 6 nitrogen and oxygen atoms in total. The van der Waals surface area contributed by atoms with E-state index in [0.29, 0.717) is 19.3 Å². The molecule has 1 atom stereocenters. The van der Waals surface area contributed by atoms with E-state index in [1.165, 1.54) is 122 Å². The Balaban J connectivity index is 4.47. The summed E-state index contributed by atoms with van der Waals surface area (Å²) in [5.41, 5.74) is 0. The van der Waals surface area contributed by atoms with Crippen LogP contribution < -0.4 is 0 Å². The van der Waals surface area contributed by atoms with E-state index in [1.807, 2.05) is 0 Å². The monoisotopic (exact) mass is 975 g/mol. The second kappa shape index (κ2) is 58.2. The molecule has 0 spiro atoms. The van der Waals surface area contributed by atoms with Gasteiger partial charge in [-0.1, -0.05) is 241 Å². The first-order valence-corrected chi connectivity index (χ1v) is 29.6. The molecule has 0 aromatic rings. The smallest absolute Gasteiger partial charge is 0.306 e. The van der Waals surface area contributed by atoms with Gasteiger partial charge in [-0.3, -0.25) is 14.4 Å². The molecule has 0 aromatic heterocycles. The maximum Gasteiger partial charge on any atom is 0.306 e. The Labute approximate surface area is 433 Å². The first-order valence-electron chi connectivity index (χ1n) is 29.6. The van der Waals surface area contributed by atoms with E-state index in [1.54, 1.807) is 0 Å². The molecule has 1 unspecified atom stereocenters. The molecule has 0 bridgehead atoms. The van der Waals surface area contributed by atoms with Gasteiger partial charge >= 0.3 is 17.9 Å². The summed E-state index contributed by atoms with van der Waals surface area (Å²) in [5, 5.41) is 0. The fourth-order valence-electron chi connectivity index (χ4n) is 8.18. The highest BCUT2D eigenvalue weighted by atomic mass is 16.6. The van der Waals surface area contributed by atoms with Crippen LogP contribution in [0.3, 0.4) is 0 Å². The first kappa shape index (κ1) is 66.6. The minimum atomic E-state index is -0.802. The van der Waals surface area contributed by atoms with Crippen LogP contribution in [0.25, 0.3) is 0 Å². The predicted octanol–water partition coefficient (Wildman–Crippen LogP) is 19.9. The zero-order chi connectivity index (χ0) is 50.7. The van der Waals surface area contributed by atoms with E-state index in [2.05, 4.69) is 106 Å². The average molecular weight is 976 g/mol. The molecular formula is C64H110O6. The SMILES string of the molecule is CC/C=C\C/C=C\C/C=C\C/C=C\CCCCCC(=O)OCC(COC(=O)CCCCCCC/C=C\C=C/CCCCCCCCC)OC(=O)CCCCCCC/C=C\CCCCCCCCCCC. The Morgan fingerprint density at radius 1 is 0.314 bits per heavy atom. The van der Waals surface area contributed by atoms with Crippen molar-refractivity contribution < 1.29 is 28.6 Å². The van der Waals surface area contributed by atoms with Crippen LogP contribution in [0.15, 0.2) is 85.1 Å². The van der Waals surface area contributed by atoms with Crippen molar-refractivity contribution in [3.8, 4) is 0 Å². The molecule has 402 valence electrons. The maximum absolute atomic E-state index is 12.9. The Morgan fingerprint density at radius 3 is 0.986 bits per heavy atom. The van der Waals surface area contributed by atoms with Crippen LogP contribution in [0.5, 0.6) is 0 Å². The largest absolute Gasteiger partial charge is 0.462 e. The molecule has 0 aliphatic rings. The minimum absolute atomic E-state index is 0.0980. The molecule has 0 aliphatic heterocycles. The average Bonchev–Trinajstić information content (AvgIpc) is 3.36. The number of ether oxygens (including phenoxy) is 3. The Hall–Kier alpha value is -3.41. The van der Waals surface area contributed by atoms with Gasteiger partial charge in [-0.2, -0.15) is 0 Å². The van der Waals surface area contributed by atoms with Gasteiger partial charge in [0, 0.05) is 19.3 Å². The number of unbranched alkanes of at least 4 members (excludes halogenated alkanes) is 29. The number of allylic oxidation sites excluding steroid dienone is 14. The normalized spacial score (nSPS) is 12.7. The Bertz CT molecular complexity index is 1350. The lowest BCUT2D eigenvalue weighted by Gasteiger charge is -2.18. The van der Waals surface area contributed by atoms with E-state index >= 15 is 0 Å². The van der Waals surface area contributed by atoms with Crippen molar-refractivity contribution in [3.63, 3.8) is 0 Å². The van der Waals surface area contributed by atoms with Gasteiger partial charge in [0.05, 0.1) is 0 Å². The molecule has 0 saturated carbocycles. The fraction of sp³-hybridized carbons (Fsp3) is 0.734. The van der Waals surface area contributed by atoms with Crippen LogP contribution >= 0.6 is 0 Å². The minimum Gasteiger partial charge on any atom is -0.462 e. The van der Waals surface area contributed by atoms with E-state index in [9.17, 15) is 14.4 Å². The van der Waals surface area contributed by atoms with Gasteiger partial charge in [0.2, 0.25) is 0 Å². The van der Waals surface area contributed by atoms with Crippen molar-refractivity contribution in [2.45, 2.75) is 290 Å². The third-order valence-electron chi connectivity index (χ3n) is 12.6. The Kier molecular flexibility index (Phi) is 55.3. The van der Waals surface area contributed by atoms with Gasteiger partial charge in [-0.15, -0.1) is 0 Å². The summed E-state index contributed by atoms with van der Waals surface area (Å²) in [6.07, 6.45) is 75.7. The third kappa shape index (κ3) is 55.5. The van der Waals surface area contributed by atoms with E-state index < -0.39 is 6.10 Å². The van der Waals surface area contributed by atoms with Crippen LogP contribution in [-0.4, -0.2) is 37.2 Å². The number of esters is 3. The summed E-state index contributed by atoms with van der Waals surface area (Å²) in [4.78, 5) is 38.2. The molecule has 0 radical (unpaired) electrons. The van der Waals surface area contributed by atoms with E-state index in [4.69, 9.17) is 14.2 Å². The van der Waals surface area contributed by atoms with Gasteiger partial charge in [0.15, 0.2) is 6.10 Å². The lowest BCUT2D eigenvalue weighted by Crippen LogP contribution is -2.30. The fourth-order valence-corrected chi connectivity index (χ4v) is 8.18. The molecule has 0 saturated heterocycles. The van der Waals surface area contributed by atoms with Crippen LogP contribution in [0.4, 0.5) is 0 Å². The summed E-state index contributed by atoms with van der Waals surface area (Å²) in [7, 11) is 0. The second-order valence-electron chi connectivity index (χ2n) is 19.5. The number of carbonyl (C=O) groups excluding carboxylic acids is 3. The van der Waals surface area contributed by atoms with Crippen molar-refractivity contribution in [3.05, 3.63) is 85.1 Å². The molecule has 6 heteroatoms. The Morgan fingerprint density at radius 2 is 0.600 bits per heavy atom. The zero-order valence-electron chi connectivity index (χ0n) is 46.0. The second-order valence-corrected chi connectivity index (χ2v) is 19.5. The number of hydrogen-bond acceptors (Lipinski definition) is 6. The topological polar surface area (TPSA) is 78.9 Å². The van der Waals surface area contributed by atoms with Crippen molar-refractivity contribution >= 4 is 17.9 Å². The summed E-state index contributed by atoms with van der Waals surface area (Å²) >= 11 is 0. The number of carbonyl (C=O) groups is 3. The highest BCUT2D eigenvalue weighted by molar-refractivity contribution is 5.71. The van der Waals surface area contributed by atoms with Crippen LogP contribution in [0.1, 0.15) is 284 Å². The molecule has 0 aliphatic carbocycles. The standard InChI is InChI=1S/C64H110O6/c1-4-7-10-13-16-19-22-25-28-31-33-36-39-42-45-48-51-54-57-63(66)69-60-61(59-68-62(65)56-53-50-47-44-41-38-35-30-27-24-21-18-15-12-9-6-3)70-64(67)58-55-52-49-46-43-40-37-34-32-29-26-23-20-17-14-11-8-5-2/h9,12,18,21,27-28,30-31,33-34,36-38,41,61H,4-8,10-11,13-17,19-20,22-26,29,32,35,39-40,42-60H2,1-3H3/b12-9-,21-18-,30-27-,31-28-,36-33-,37-34-,41-38-. The maximum atomic E-state index is 12.9. The first-order chi connectivity index (χ1) is 34.5. The molecule has 0 aromatic carbocycles. The summed E-state index contributed by atoms with van der Waals surface area (Å²) in [6, 6.07) is 0. The van der Waals surface area contributed by atoms with E-state index in [-0.39, 0.29) is 31.1 Å². The zero-order valence-corrected chi connectivity index (χ0v) is 46.0. The summed E-state index contributed by atoms with van der Waals surface area (Å²) < 4.78 is 16.8. The molecule has 0 rings (SSSR count). The van der Waals surface area contributed by atoms with Crippen LogP contribution in [-0.2, 0) is 28.6 Å². The van der Waals surface area contributed by atoms with Gasteiger partial charge in [0.25, 0.3) is 0 Å². The quantitative estimate of drug-likeness (QED) is 0.0199. The molecule has 0 fully saturated rings. The van der Waals surface area contributed by atoms with Gasteiger partial charge in [-0.25, -0.2) is 0 Å². The lowest BCUT2D eigenvalue weighted by atomic mass is 10.1. The highest BCUT2D eigenvalue weighted by Gasteiger charge is 2.19. The van der Waals surface area contributed by atoms with Crippen molar-refractivity contribution in [1.29, 1.82) is 0 Å².